The summed E-state index contributed by atoms with van der Waals surface area (Å²) >= 11 is 1.40. The molecule has 0 aliphatic heterocycles. The van der Waals surface area contributed by atoms with Crippen LogP contribution in [-0.4, -0.2) is 24.7 Å². The smallest absolute Gasteiger partial charge is 0.261 e. The van der Waals surface area contributed by atoms with Gasteiger partial charge in [-0.15, -0.1) is 11.8 Å². The zero-order valence-electron chi connectivity index (χ0n) is 15.0. The lowest BCUT2D eigenvalue weighted by atomic mass is 9.87. The Bertz CT molecular complexity index is 748. The lowest BCUT2D eigenvalue weighted by Gasteiger charge is -2.19. The van der Waals surface area contributed by atoms with Crippen molar-refractivity contribution in [1.29, 1.82) is 0 Å². The largest absolute Gasteiger partial charge is 0.496 e. The standard InChI is InChI=1S/C20H23NO3S/c1-20(2,3)14-9-11-15(12-10-14)25-13-18(22)21-19(23)16-7-5-6-8-17(16)24-4/h5-12H,13H2,1-4H3,(H,21,22,23). The normalized spacial score (nSPS) is 11.0. The average molecular weight is 357 g/mol. The molecule has 132 valence electrons. The number of hydrogen-bond acceptors (Lipinski definition) is 4. The zero-order chi connectivity index (χ0) is 18.4. The molecule has 0 saturated carbocycles. The van der Waals surface area contributed by atoms with Crippen LogP contribution in [0.15, 0.2) is 53.4 Å². The van der Waals surface area contributed by atoms with Crippen LogP contribution < -0.4 is 10.1 Å². The predicted molar refractivity (Wildman–Crippen MR) is 101 cm³/mol. The third-order valence-electron chi connectivity index (χ3n) is 3.69. The summed E-state index contributed by atoms with van der Waals surface area (Å²) in [4.78, 5) is 25.2. The summed E-state index contributed by atoms with van der Waals surface area (Å²) in [6, 6.07) is 15.0. The monoisotopic (exact) mass is 357 g/mol. The molecule has 0 bridgehead atoms. The van der Waals surface area contributed by atoms with E-state index in [-0.39, 0.29) is 17.1 Å². The molecule has 2 amide bonds. The molecule has 1 N–H and O–H groups in total. The number of hydrogen-bond donors (Lipinski definition) is 1. The van der Waals surface area contributed by atoms with E-state index in [2.05, 4.69) is 38.2 Å². The maximum absolute atomic E-state index is 12.2. The van der Waals surface area contributed by atoms with Crippen LogP contribution in [0.4, 0.5) is 0 Å². The summed E-state index contributed by atoms with van der Waals surface area (Å²) in [6.07, 6.45) is 0. The van der Waals surface area contributed by atoms with Crippen molar-refractivity contribution in [2.75, 3.05) is 12.9 Å². The highest BCUT2D eigenvalue weighted by Gasteiger charge is 2.15. The SMILES string of the molecule is COc1ccccc1C(=O)NC(=O)CSc1ccc(C(C)(C)C)cc1. The van der Waals surface area contributed by atoms with Gasteiger partial charge in [0.2, 0.25) is 5.91 Å². The van der Waals surface area contributed by atoms with Crippen molar-refractivity contribution in [3.05, 3.63) is 59.7 Å². The number of rotatable bonds is 5. The van der Waals surface area contributed by atoms with Gasteiger partial charge in [-0.1, -0.05) is 45.0 Å². The summed E-state index contributed by atoms with van der Waals surface area (Å²) in [7, 11) is 1.49. The Morgan fingerprint density at radius 1 is 1.04 bits per heavy atom. The van der Waals surface area contributed by atoms with Crippen LogP contribution in [-0.2, 0) is 10.2 Å². The molecule has 0 spiro atoms. The second kappa shape index (κ2) is 8.21. The predicted octanol–water partition coefficient (Wildman–Crippen LogP) is 4.04. The first-order chi connectivity index (χ1) is 11.8. The minimum Gasteiger partial charge on any atom is -0.496 e. The van der Waals surface area contributed by atoms with Crippen LogP contribution in [0.25, 0.3) is 0 Å². The maximum Gasteiger partial charge on any atom is 0.261 e. The third kappa shape index (κ3) is 5.36. The molecule has 0 aromatic heterocycles. The van der Waals surface area contributed by atoms with E-state index in [0.717, 1.165) is 4.90 Å². The fourth-order valence-corrected chi connectivity index (χ4v) is 2.96. The highest BCUT2D eigenvalue weighted by atomic mass is 32.2. The fourth-order valence-electron chi connectivity index (χ4n) is 2.26. The number of nitrogens with one attached hydrogen (secondary N) is 1. The second-order valence-corrected chi connectivity index (χ2v) is 7.69. The molecule has 0 radical (unpaired) electrons. The van der Waals surface area contributed by atoms with Gasteiger partial charge in [-0.05, 0) is 35.2 Å². The number of amides is 2. The van der Waals surface area contributed by atoms with Crippen LogP contribution in [0.1, 0.15) is 36.7 Å². The van der Waals surface area contributed by atoms with Gasteiger partial charge >= 0.3 is 0 Å². The molecule has 2 aromatic carbocycles. The number of thioether (sulfide) groups is 1. The van der Waals surface area contributed by atoms with E-state index in [1.54, 1.807) is 24.3 Å². The van der Waals surface area contributed by atoms with E-state index in [1.807, 2.05) is 12.1 Å². The van der Waals surface area contributed by atoms with Gasteiger partial charge in [0.25, 0.3) is 5.91 Å². The summed E-state index contributed by atoms with van der Waals surface area (Å²) in [5, 5.41) is 2.40. The molecule has 0 aliphatic rings. The molecule has 5 heteroatoms. The molecule has 0 heterocycles. The van der Waals surface area contributed by atoms with Crippen molar-refractivity contribution in [2.24, 2.45) is 0 Å². The first-order valence-corrected chi connectivity index (χ1v) is 9.00. The van der Waals surface area contributed by atoms with Gasteiger partial charge in [-0.3, -0.25) is 14.9 Å². The van der Waals surface area contributed by atoms with Crippen molar-refractivity contribution in [1.82, 2.24) is 5.32 Å². The Labute approximate surface area is 153 Å². The molecular formula is C20H23NO3S. The van der Waals surface area contributed by atoms with E-state index >= 15 is 0 Å². The third-order valence-corrected chi connectivity index (χ3v) is 4.71. The molecule has 0 unspecified atom stereocenters. The van der Waals surface area contributed by atoms with Crippen molar-refractivity contribution < 1.29 is 14.3 Å². The topological polar surface area (TPSA) is 55.4 Å². The van der Waals surface area contributed by atoms with Crippen LogP contribution in [0.3, 0.4) is 0 Å². The first kappa shape index (κ1) is 19.1. The van der Waals surface area contributed by atoms with Crippen LogP contribution >= 0.6 is 11.8 Å². The average Bonchev–Trinajstić information content (AvgIpc) is 2.59. The van der Waals surface area contributed by atoms with Crippen LogP contribution in [0, 0.1) is 0 Å². The first-order valence-electron chi connectivity index (χ1n) is 8.02. The highest BCUT2D eigenvalue weighted by Crippen LogP contribution is 2.25. The number of ether oxygens (including phenoxy) is 1. The Morgan fingerprint density at radius 2 is 1.68 bits per heavy atom. The van der Waals surface area contributed by atoms with Gasteiger partial charge in [0, 0.05) is 4.90 Å². The lowest BCUT2D eigenvalue weighted by molar-refractivity contribution is -0.117. The molecule has 0 saturated heterocycles. The van der Waals surface area contributed by atoms with Crippen LogP contribution in [0.2, 0.25) is 0 Å². The maximum atomic E-state index is 12.2. The summed E-state index contributed by atoms with van der Waals surface area (Å²) in [5.41, 5.74) is 1.69. The number of benzene rings is 2. The Morgan fingerprint density at radius 3 is 2.28 bits per heavy atom. The van der Waals surface area contributed by atoms with E-state index < -0.39 is 5.91 Å². The molecule has 0 atom stereocenters. The number of imide groups is 1. The molecular weight excluding hydrogens is 334 g/mol. The van der Waals surface area contributed by atoms with Crippen molar-refractivity contribution in [2.45, 2.75) is 31.1 Å². The van der Waals surface area contributed by atoms with Gasteiger partial charge in [-0.2, -0.15) is 0 Å². The number of methoxy groups -OCH3 is 1. The molecule has 2 aromatic rings. The fraction of sp³-hybridized carbons (Fsp3) is 0.300. The Hall–Kier alpha value is -2.27. The van der Waals surface area contributed by atoms with Gasteiger partial charge < -0.3 is 4.74 Å². The van der Waals surface area contributed by atoms with Gasteiger partial charge in [0.1, 0.15) is 5.75 Å². The van der Waals surface area contributed by atoms with Gasteiger partial charge in [0.05, 0.1) is 18.4 Å². The summed E-state index contributed by atoms with van der Waals surface area (Å²) in [6.45, 7) is 6.48. The molecule has 0 fully saturated rings. The van der Waals surface area contributed by atoms with E-state index in [9.17, 15) is 9.59 Å². The molecule has 25 heavy (non-hydrogen) atoms. The molecule has 0 aliphatic carbocycles. The minimum absolute atomic E-state index is 0.0989. The Balaban J connectivity index is 1.91. The van der Waals surface area contributed by atoms with Crippen molar-refractivity contribution in [3.63, 3.8) is 0 Å². The molecule has 2 rings (SSSR count). The highest BCUT2D eigenvalue weighted by molar-refractivity contribution is 8.00. The van der Waals surface area contributed by atoms with E-state index in [1.165, 1.54) is 24.4 Å². The zero-order valence-corrected chi connectivity index (χ0v) is 15.8. The van der Waals surface area contributed by atoms with Gasteiger partial charge in [-0.25, -0.2) is 0 Å². The van der Waals surface area contributed by atoms with Crippen molar-refractivity contribution in [3.8, 4) is 5.75 Å². The number of carbonyl (C=O) groups excluding carboxylic acids is 2. The number of carbonyl (C=O) groups is 2. The van der Waals surface area contributed by atoms with E-state index in [4.69, 9.17) is 4.74 Å². The lowest BCUT2D eigenvalue weighted by Crippen LogP contribution is -2.32. The Kier molecular flexibility index (Phi) is 6.26. The van der Waals surface area contributed by atoms with Crippen molar-refractivity contribution >= 4 is 23.6 Å². The quantitative estimate of drug-likeness (QED) is 0.821. The van der Waals surface area contributed by atoms with Crippen LogP contribution in [0.5, 0.6) is 5.75 Å². The van der Waals surface area contributed by atoms with Gasteiger partial charge in [0.15, 0.2) is 0 Å². The molecule has 4 nitrogen and oxygen atoms in total. The number of para-hydroxylation sites is 1. The van der Waals surface area contributed by atoms with E-state index in [0.29, 0.717) is 11.3 Å². The summed E-state index contributed by atoms with van der Waals surface area (Å²) in [5.74, 6) is -0.166. The second-order valence-electron chi connectivity index (χ2n) is 6.64. The summed E-state index contributed by atoms with van der Waals surface area (Å²) < 4.78 is 5.14. The minimum atomic E-state index is -0.453.